The van der Waals surface area contributed by atoms with Crippen molar-refractivity contribution in [1.82, 2.24) is 0 Å². The molecule has 82 valence electrons. The molecule has 0 aliphatic rings. The highest BCUT2D eigenvalue weighted by Gasteiger charge is 2.17. The monoisotopic (exact) mass is 295 g/mol. The summed E-state index contributed by atoms with van der Waals surface area (Å²) in [5, 5.41) is 0. The lowest BCUT2D eigenvalue weighted by molar-refractivity contribution is 0.104. The summed E-state index contributed by atoms with van der Waals surface area (Å²) < 4.78 is 0.836. The molecule has 16 heavy (non-hydrogen) atoms. The molecule has 4 heteroatoms. The second kappa shape index (κ2) is 4.39. The number of hydrogen-bond donors (Lipinski definition) is 1. The van der Waals surface area contributed by atoms with Crippen LogP contribution in [0.25, 0.3) is 0 Å². The Hall–Kier alpha value is -1.13. The molecule has 0 fully saturated rings. The van der Waals surface area contributed by atoms with Crippen molar-refractivity contribution < 1.29 is 4.79 Å². The van der Waals surface area contributed by atoms with Gasteiger partial charge in [-0.05, 0) is 41.1 Å². The molecule has 0 atom stereocenters. The number of para-hydroxylation sites is 1. The highest BCUT2D eigenvalue weighted by molar-refractivity contribution is 9.10. The smallest absolute Gasteiger partial charge is 0.206 e. The number of aryl methyl sites for hydroxylation is 1. The SMILES string of the molecule is Cc1cc(Br)c(C(=O)c2ccccc2N)s1. The molecular weight excluding hydrogens is 286 g/mol. The fourth-order valence-corrected chi connectivity index (χ4v) is 3.24. The Kier molecular flexibility index (Phi) is 3.12. The van der Waals surface area contributed by atoms with Gasteiger partial charge in [0.15, 0.2) is 0 Å². The molecule has 0 amide bonds. The number of halogens is 1. The number of anilines is 1. The number of carbonyl (C=O) groups is 1. The molecule has 0 bridgehead atoms. The van der Waals surface area contributed by atoms with Crippen molar-refractivity contribution in [2.75, 3.05) is 5.73 Å². The molecule has 2 aromatic rings. The molecule has 2 nitrogen and oxygen atoms in total. The van der Waals surface area contributed by atoms with Crippen molar-refractivity contribution in [3.8, 4) is 0 Å². The zero-order valence-electron chi connectivity index (χ0n) is 8.66. The number of carbonyl (C=O) groups excluding carboxylic acids is 1. The minimum Gasteiger partial charge on any atom is -0.398 e. The molecule has 2 rings (SSSR count). The van der Waals surface area contributed by atoms with Crippen LogP contribution in [0.5, 0.6) is 0 Å². The fourth-order valence-electron chi connectivity index (χ4n) is 1.46. The van der Waals surface area contributed by atoms with Gasteiger partial charge in [-0.15, -0.1) is 11.3 Å². The largest absolute Gasteiger partial charge is 0.398 e. The lowest BCUT2D eigenvalue weighted by Crippen LogP contribution is -2.03. The van der Waals surface area contributed by atoms with E-state index in [0.717, 1.165) is 9.35 Å². The lowest BCUT2D eigenvalue weighted by Gasteiger charge is -2.02. The van der Waals surface area contributed by atoms with Gasteiger partial charge in [0.05, 0.1) is 4.88 Å². The fraction of sp³-hybridized carbons (Fsp3) is 0.0833. The van der Waals surface area contributed by atoms with E-state index in [1.165, 1.54) is 11.3 Å². The summed E-state index contributed by atoms with van der Waals surface area (Å²) in [5.41, 5.74) is 6.86. The number of nitrogens with two attached hydrogens (primary N) is 1. The van der Waals surface area contributed by atoms with E-state index in [0.29, 0.717) is 16.1 Å². The Morgan fingerprint density at radius 2 is 2.06 bits per heavy atom. The van der Waals surface area contributed by atoms with Gasteiger partial charge in [0.25, 0.3) is 0 Å². The van der Waals surface area contributed by atoms with Gasteiger partial charge in [-0.25, -0.2) is 0 Å². The van der Waals surface area contributed by atoms with E-state index >= 15 is 0 Å². The quantitative estimate of drug-likeness (QED) is 0.679. The van der Waals surface area contributed by atoms with Gasteiger partial charge in [0.1, 0.15) is 0 Å². The second-order valence-corrected chi connectivity index (χ2v) is 5.56. The van der Waals surface area contributed by atoms with Crippen molar-refractivity contribution in [1.29, 1.82) is 0 Å². The molecule has 0 spiro atoms. The predicted molar refractivity (Wildman–Crippen MR) is 71.0 cm³/mol. The summed E-state index contributed by atoms with van der Waals surface area (Å²) in [6.45, 7) is 1.97. The standard InChI is InChI=1S/C12H10BrNOS/c1-7-6-9(13)12(16-7)11(15)8-4-2-3-5-10(8)14/h2-6H,14H2,1H3. The molecule has 0 unspecified atom stereocenters. The highest BCUT2D eigenvalue weighted by Crippen LogP contribution is 2.30. The molecule has 0 radical (unpaired) electrons. The molecule has 0 saturated carbocycles. The third kappa shape index (κ3) is 2.03. The number of thiophene rings is 1. The van der Waals surface area contributed by atoms with Crippen LogP contribution in [0.15, 0.2) is 34.8 Å². The van der Waals surface area contributed by atoms with Gasteiger partial charge < -0.3 is 5.73 Å². The Balaban J connectivity index is 2.47. The minimum absolute atomic E-state index is 0.0249. The number of nitrogen functional groups attached to an aromatic ring is 1. The van der Waals surface area contributed by atoms with Crippen LogP contribution in [0.2, 0.25) is 0 Å². The highest BCUT2D eigenvalue weighted by atomic mass is 79.9. The van der Waals surface area contributed by atoms with Gasteiger partial charge in [0.2, 0.25) is 5.78 Å². The zero-order valence-corrected chi connectivity index (χ0v) is 11.1. The van der Waals surface area contributed by atoms with Crippen molar-refractivity contribution >= 4 is 38.7 Å². The summed E-state index contributed by atoms with van der Waals surface area (Å²) in [5.74, 6) is -0.0249. The van der Waals surface area contributed by atoms with E-state index in [4.69, 9.17) is 5.73 Å². The van der Waals surface area contributed by atoms with E-state index < -0.39 is 0 Å². The number of rotatable bonds is 2. The molecular formula is C12H10BrNOS. The topological polar surface area (TPSA) is 43.1 Å². The average molecular weight is 296 g/mol. The Morgan fingerprint density at radius 1 is 1.38 bits per heavy atom. The molecule has 0 saturated heterocycles. The van der Waals surface area contributed by atoms with Crippen LogP contribution in [-0.4, -0.2) is 5.78 Å². The third-order valence-corrected chi connectivity index (χ3v) is 4.16. The van der Waals surface area contributed by atoms with E-state index in [-0.39, 0.29) is 5.78 Å². The van der Waals surface area contributed by atoms with E-state index in [1.54, 1.807) is 12.1 Å². The summed E-state index contributed by atoms with van der Waals surface area (Å²) in [7, 11) is 0. The molecule has 2 N–H and O–H groups in total. The van der Waals surface area contributed by atoms with Crippen molar-refractivity contribution in [2.24, 2.45) is 0 Å². The van der Waals surface area contributed by atoms with E-state index in [1.807, 2.05) is 25.1 Å². The first-order chi connectivity index (χ1) is 7.59. The maximum atomic E-state index is 12.2. The first kappa shape index (κ1) is 11.4. The number of benzene rings is 1. The van der Waals surface area contributed by atoms with Crippen LogP contribution in [0, 0.1) is 6.92 Å². The summed E-state index contributed by atoms with van der Waals surface area (Å²) in [6.07, 6.45) is 0. The summed E-state index contributed by atoms with van der Waals surface area (Å²) >= 11 is 4.86. The maximum Gasteiger partial charge on any atom is 0.206 e. The van der Waals surface area contributed by atoms with Crippen LogP contribution in [0.4, 0.5) is 5.69 Å². The van der Waals surface area contributed by atoms with Crippen molar-refractivity contribution in [2.45, 2.75) is 6.92 Å². The third-order valence-electron chi connectivity index (χ3n) is 2.22. The van der Waals surface area contributed by atoms with Crippen molar-refractivity contribution in [3.63, 3.8) is 0 Å². The molecule has 1 aromatic carbocycles. The Labute approximate surface area is 106 Å². The molecule has 0 aliphatic carbocycles. The second-order valence-electron chi connectivity index (χ2n) is 3.45. The van der Waals surface area contributed by atoms with Crippen molar-refractivity contribution in [3.05, 3.63) is 50.1 Å². The summed E-state index contributed by atoms with van der Waals surface area (Å²) in [6, 6.07) is 9.07. The molecule has 1 aromatic heterocycles. The minimum atomic E-state index is -0.0249. The van der Waals surface area contributed by atoms with Crippen LogP contribution < -0.4 is 5.73 Å². The first-order valence-corrected chi connectivity index (χ1v) is 6.35. The number of ketones is 1. The summed E-state index contributed by atoms with van der Waals surface area (Å²) in [4.78, 5) is 14.0. The molecule has 0 aliphatic heterocycles. The van der Waals surface area contributed by atoms with Crippen LogP contribution in [0.3, 0.4) is 0 Å². The predicted octanol–water partition coefficient (Wildman–Crippen LogP) is 3.63. The lowest BCUT2D eigenvalue weighted by atomic mass is 10.1. The van der Waals surface area contributed by atoms with Gasteiger partial charge in [0, 0.05) is 20.6 Å². The number of hydrogen-bond acceptors (Lipinski definition) is 3. The molecule has 1 heterocycles. The van der Waals surface area contributed by atoms with Crippen LogP contribution in [0.1, 0.15) is 20.1 Å². The van der Waals surface area contributed by atoms with Gasteiger partial charge in [-0.1, -0.05) is 12.1 Å². The van der Waals surface area contributed by atoms with Crippen LogP contribution >= 0.6 is 27.3 Å². The van der Waals surface area contributed by atoms with Gasteiger partial charge in [-0.3, -0.25) is 4.79 Å². The maximum absolute atomic E-state index is 12.2. The first-order valence-electron chi connectivity index (χ1n) is 4.74. The average Bonchev–Trinajstić information content (AvgIpc) is 2.58. The van der Waals surface area contributed by atoms with Gasteiger partial charge >= 0.3 is 0 Å². The van der Waals surface area contributed by atoms with Gasteiger partial charge in [-0.2, -0.15) is 0 Å². The Bertz CT molecular complexity index is 548. The van der Waals surface area contributed by atoms with E-state index in [2.05, 4.69) is 15.9 Å². The normalized spacial score (nSPS) is 10.4. The van der Waals surface area contributed by atoms with E-state index in [9.17, 15) is 4.79 Å². The zero-order chi connectivity index (χ0) is 11.7. The van der Waals surface area contributed by atoms with Crippen LogP contribution in [-0.2, 0) is 0 Å². The Morgan fingerprint density at radius 3 is 2.62 bits per heavy atom.